The molecular weight excluding hydrogens is 610 g/mol. The summed E-state index contributed by atoms with van der Waals surface area (Å²) in [5.74, 6) is -2.17. The van der Waals surface area contributed by atoms with Gasteiger partial charge < -0.3 is 14.8 Å². The molecule has 0 saturated heterocycles. The van der Waals surface area contributed by atoms with Crippen molar-refractivity contribution in [3.8, 4) is 34.6 Å². The lowest BCUT2D eigenvalue weighted by Gasteiger charge is -2.39. The Kier molecular flexibility index (Phi) is 8.40. The van der Waals surface area contributed by atoms with Crippen LogP contribution < -0.4 is 15.0 Å². The summed E-state index contributed by atoms with van der Waals surface area (Å²) in [5, 5.41) is 19.9. The Morgan fingerprint density at radius 2 is 1.80 bits per heavy atom. The second-order valence-electron chi connectivity index (χ2n) is 10.8. The summed E-state index contributed by atoms with van der Waals surface area (Å²) in [5.41, 5.74) is 2.31. The number of hydrogen-bond acceptors (Lipinski definition) is 11. The number of carbonyl (C=O) groups excluding carboxylic acids is 1. The number of halogens is 3. The molecule has 2 aliphatic carbocycles. The number of H-pyrrole nitrogens is 1. The number of nitrogens with zero attached hydrogens (tertiary/aromatic N) is 8. The second kappa shape index (κ2) is 12.6. The fourth-order valence-electron chi connectivity index (χ4n) is 5.40. The molecule has 2 fully saturated rings. The van der Waals surface area contributed by atoms with E-state index in [-0.39, 0.29) is 23.7 Å². The van der Waals surface area contributed by atoms with Crippen molar-refractivity contribution in [2.24, 2.45) is 0 Å². The van der Waals surface area contributed by atoms with Gasteiger partial charge in [0.25, 0.3) is 5.92 Å². The van der Waals surface area contributed by atoms with E-state index < -0.39 is 31.0 Å². The summed E-state index contributed by atoms with van der Waals surface area (Å²) in [7, 11) is 1.48. The monoisotopic (exact) mass is 636 g/mol. The molecule has 4 aromatic heterocycles. The zero-order chi connectivity index (χ0) is 31.6. The Balaban J connectivity index is 1.16. The SMILES string of the molecule is COc1ncc(-c2ccc(N(C(=O)OC3CC(F)(F)C3)[C@H]3CC[C@H](Nc4ncc(C#N)c(-c5n[nH]cc5Cl)n4)CC3)nc2)cn1. The highest BCUT2D eigenvalue weighted by molar-refractivity contribution is 6.32. The van der Waals surface area contributed by atoms with E-state index in [2.05, 4.69) is 46.5 Å². The molecule has 4 heterocycles. The van der Waals surface area contributed by atoms with Crippen molar-refractivity contribution in [2.75, 3.05) is 17.3 Å². The van der Waals surface area contributed by atoms with E-state index in [1.807, 2.05) is 0 Å². The highest BCUT2D eigenvalue weighted by Gasteiger charge is 2.48. The van der Waals surface area contributed by atoms with Crippen LogP contribution in [0.4, 0.5) is 25.3 Å². The third-order valence-corrected chi connectivity index (χ3v) is 8.07. The van der Waals surface area contributed by atoms with Gasteiger partial charge in [-0.05, 0) is 37.8 Å². The van der Waals surface area contributed by atoms with Crippen LogP contribution in [0.5, 0.6) is 6.01 Å². The summed E-state index contributed by atoms with van der Waals surface area (Å²) in [6.07, 6.45) is 7.56. The quantitative estimate of drug-likeness (QED) is 0.253. The van der Waals surface area contributed by atoms with E-state index in [0.717, 1.165) is 5.56 Å². The molecule has 0 bridgehead atoms. The number of aromatic amines is 1. The molecule has 0 aliphatic heterocycles. The molecule has 16 heteroatoms. The molecule has 6 rings (SSSR count). The van der Waals surface area contributed by atoms with Crippen LogP contribution in [0.25, 0.3) is 22.5 Å². The lowest BCUT2D eigenvalue weighted by atomic mass is 9.90. The minimum atomic E-state index is -2.82. The number of nitrogens with one attached hydrogen (secondary N) is 2. The van der Waals surface area contributed by atoms with Crippen LogP contribution in [0, 0.1) is 11.3 Å². The molecule has 0 spiro atoms. The molecule has 0 unspecified atom stereocenters. The lowest BCUT2D eigenvalue weighted by molar-refractivity contribution is -0.143. The van der Waals surface area contributed by atoms with Gasteiger partial charge in [0.05, 0.1) is 23.9 Å². The molecule has 2 aliphatic rings. The first kappa shape index (κ1) is 30.1. The van der Waals surface area contributed by atoms with Gasteiger partial charge in [0.2, 0.25) is 5.95 Å². The Hall–Kier alpha value is -4.97. The number of anilines is 2. The average molecular weight is 637 g/mol. The van der Waals surface area contributed by atoms with E-state index in [1.165, 1.54) is 24.4 Å². The summed E-state index contributed by atoms with van der Waals surface area (Å²) in [4.78, 5) is 36.4. The highest BCUT2D eigenvalue weighted by atomic mass is 35.5. The van der Waals surface area contributed by atoms with Gasteiger partial charge in [0.15, 0.2) is 0 Å². The largest absolute Gasteiger partial charge is 0.467 e. The third-order valence-electron chi connectivity index (χ3n) is 7.78. The first-order chi connectivity index (χ1) is 21.7. The minimum absolute atomic E-state index is 0.0368. The van der Waals surface area contributed by atoms with Crippen LogP contribution >= 0.6 is 11.6 Å². The number of pyridine rings is 1. The zero-order valence-corrected chi connectivity index (χ0v) is 24.7. The van der Waals surface area contributed by atoms with E-state index in [4.69, 9.17) is 21.1 Å². The molecule has 0 atom stereocenters. The fraction of sp³-hybridized carbons (Fsp3) is 0.379. The number of aromatic nitrogens is 7. The summed E-state index contributed by atoms with van der Waals surface area (Å²) < 4.78 is 37.5. The second-order valence-corrected chi connectivity index (χ2v) is 11.2. The molecule has 1 amide bonds. The van der Waals surface area contributed by atoms with E-state index >= 15 is 0 Å². The standard InChI is InChI=1S/C29H27ClF2N10O3/c1-44-27-36-13-18(14-37-27)16-2-7-23(34-11-16)42(28(43)45-21-8-29(31,32)9-21)20-5-3-19(4-6-20)39-26-35-12-17(10-33)24(40-26)25-22(30)15-38-41-25/h2,7,11-15,19-21H,3-6,8-9H2,1H3,(H,38,41)(H,35,39,40)/t19-,20-. The van der Waals surface area contributed by atoms with Gasteiger partial charge in [-0.1, -0.05) is 11.6 Å². The molecule has 232 valence electrons. The number of carbonyl (C=O) groups is 1. The van der Waals surface area contributed by atoms with Gasteiger partial charge in [-0.25, -0.2) is 38.5 Å². The van der Waals surface area contributed by atoms with Crippen molar-refractivity contribution < 1.29 is 23.0 Å². The van der Waals surface area contributed by atoms with Gasteiger partial charge in [-0.3, -0.25) is 10.00 Å². The topological polar surface area (TPSA) is 168 Å². The van der Waals surface area contributed by atoms with Crippen LogP contribution in [-0.4, -0.2) is 72.4 Å². The summed E-state index contributed by atoms with van der Waals surface area (Å²) >= 11 is 6.20. The van der Waals surface area contributed by atoms with Gasteiger partial charge >= 0.3 is 12.1 Å². The number of methoxy groups -OCH3 is 1. The van der Waals surface area contributed by atoms with Gasteiger partial charge in [0, 0.05) is 60.8 Å². The lowest BCUT2D eigenvalue weighted by Crippen LogP contribution is -2.49. The molecule has 2 N–H and O–H groups in total. The molecule has 2 saturated carbocycles. The number of nitriles is 1. The van der Waals surface area contributed by atoms with Gasteiger partial charge in [0.1, 0.15) is 29.4 Å². The zero-order valence-electron chi connectivity index (χ0n) is 24.0. The average Bonchev–Trinajstić information content (AvgIpc) is 3.47. The van der Waals surface area contributed by atoms with Crippen molar-refractivity contribution in [1.82, 2.24) is 35.1 Å². The predicted octanol–water partition coefficient (Wildman–Crippen LogP) is 5.42. The van der Waals surface area contributed by atoms with Crippen molar-refractivity contribution in [1.29, 1.82) is 5.26 Å². The van der Waals surface area contributed by atoms with E-state index in [9.17, 15) is 18.8 Å². The number of alkyl halides is 2. The smallest absolute Gasteiger partial charge is 0.416 e. The van der Waals surface area contributed by atoms with Crippen LogP contribution in [0.1, 0.15) is 44.1 Å². The number of ether oxygens (including phenoxy) is 2. The van der Waals surface area contributed by atoms with Gasteiger partial charge in [-0.2, -0.15) is 10.4 Å². The predicted molar refractivity (Wildman–Crippen MR) is 158 cm³/mol. The van der Waals surface area contributed by atoms with Crippen LogP contribution in [-0.2, 0) is 4.74 Å². The van der Waals surface area contributed by atoms with Crippen LogP contribution in [0.2, 0.25) is 5.02 Å². The Morgan fingerprint density at radius 1 is 1.07 bits per heavy atom. The Morgan fingerprint density at radius 3 is 2.40 bits per heavy atom. The first-order valence-corrected chi connectivity index (χ1v) is 14.5. The van der Waals surface area contributed by atoms with Crippen molar-refractivity contribution >= 4 is 29.5 Å². The Bertz CT molecular complexity index is 1700. The van der Waals surface area contributed by atoms with Crippen LogP contribution in [0.15, 0.2) is 43.1 Å². The maximum absolute atomic E-state index is 13.5. The molecular formula is C29H27ClF2N10O3. The summed E-state index contributed by atoms with van der Waals surface area (Å²) in [6, 6.07) is 5.43. The molecule has 13 nitrogen and oxygen atoms in total. The highest BCUT2D eigenvalue weighted by Crippen LogP contribution is 2.40. The number of hydrogen-bond donors (Lipinski definition) is 2. The maximum atomic E-state index is 13.5. The van der Waals surface area contributed by atoms with E-state index in [1.54, 1.807) is 30.7 Å². The summed E-state index contributed by atoms with van der Waals surface area (Å²) in [6.45, 7) is 0. The molecule has 0 aromatic carbocycles. The first-order valence-electron chi connectivity index (χ1n) is 14.2. The molecule has 4 aromatic rings. The molecule has 45 heavy (non-hydrogen) atoms. The minimum Gasteiger partial charge on any atom is -0.467 e. The van der Waals surface area contributed by atoms with Crippen molar-refractivity contribution in [3.63, 3.8) is 0 Å². The van der Waals surface area contributed by atoms with Gasteiger partial charge in [-0.15, -0.1) is 0 Å². The van der Waals surface area contributed by atoms with Crippen molar-refractivity contribution in [2.45, 2.75) is 62.6 Å². The van der Waals surface area contributed by atoms with Crippen LogP contribution in [0.3, 0.4) is 0 Å². The normalized spacial score (nSPS) is 19.2. The van der Waals surface area contributed by atoms with E-state index in [0.29, 0.717) is 59.4 Å². The fourth-order valence-corrected chi connectivity index (χ4v) is 5.59. The van der Waals surface area contributed by atoms with Crippen molar-refractivity contribution in [3.05, 3.63) is 53.7 Å². The maximum Gasteiger partial charge on any atom is 0.416 e. The third kappa shape index (κ3) is 6.60. The Labute approximate surface area is 261 Å². The number of amides is 1. The molecule has 0 radical (unpaired) electrons. The number of rotatable bonds is 8.